The van der Waals surface area contributed by atoms with Crippen LogP contribution in [0.15, 0.2) is 24.3 Å². The summed E-state index contributed by atoms with van der Waals surface area (Å²) in [5.41, 5.74) is 6.15. The first kappa shape index (κ1) is 13.4. The Hall–Kier alpha value is -3.01. The van der Waals surface area contributed by atoms with E-state index < -0.39 is 5.97 Å². The van der Waals surface area contributed by atoms with Crippen molar-refractivity contribution in [3.05, 3.63) is 41.1 Å². The van der Waals surface area contributed by atoms with Crippen LogP contribution in [0.3, 0.4) is 0 Å². The van der Waals surface area contributed by atoms with E-state index in [1.807, 2.05) is 12.1 Å². The number of aromatic carboxylic acids is 1. The van der Waals surface area contributed by atoms with Gasteiger partial charge in [0.05, 0.1) is 13.7 Å². The molecule has 20 heavy (non-hydrogen) atoms. The molecule has 1 aromatic heterocycles. The maximum absolute atomic E-state index is 11.0. The van der Waals surface area contributed by atoms with Gasteiger partial charge in [0.1, 0.15) is 23.2 Å². The summed E-state index contributed by atoms with van der Waals surface area (Å²) < 4.78 is 6.34. The minimum absolute atomic E-state index is 0.0423. The lowest BCUT2D eigenvalue weighted by Gasteiger charge is -2.05. The van der Waals surface area contributed by atoms with Gasteiger partial charge in [0, 0.05) is 0 Å². The van der Waals surface area contributed by atoms with Gasteiger partial charge in [-0.25, -0.2) is 9.48 Å². The molecule has 2 rings (SSSR count). The second kappa shape index (κ2) is 5.32. The van der Waals surface area contributed by atoms with E-state index in [0.29, 0.717) is 5.75 Å². The van der Waals surface area contributed by atoms with Crippen LogP contribution in [0.4, 0.5) is 5.82 Å². The van der Waals surface area contributed by atoms with Crippen LogP contribution in [-0.4, -0.2) is 28.0 Å². The van der Waals surface area contributed by atoms with Crippen molar-refractivity contribution in [3.8, 4) is 11.8 Å². The molecular formula is C13H12N4O3. The van der Waals surface area contributed by atoms with E-state index in [4.69, 9.17) is 20.8 Å². The Morgan fingerprint density at radius 3 is 2.60 bits per heavy atom. The van der Waals surface area contributed by atoms with Crippen molar-refractivity contribution in [2.24, 2.45) is 0 Å². The van der Waals surface area contributed by atoms with E-state index in [2.05, 4.69) is 5.10 Å². The molecule has 2 aromatic rings. The molecule has 7 nitrogen and oxygen atoms in total. The van der Waals surface area contributed by atoms with E-state index >= 15 is 0 Å². The van der Waals surface area contributed by atoms with Gasteiger partial charge in [-0.05, 0) is 17.7 Å². The first-order chi connectivity index (χ1) is 9.56. The fourth-order valence-corrected chi connectivity index (χ4v) is 1.76. The Morgan fingerprint density at radius 1 is 1.50 bits per heavy atom. The summed E-state index contributed by atoms with van der Waals surface area (Å²) in [7, 11) is 1.57. The molecule has 0 saturated carbocycles. The predicted octanol–water partition coefficient (Wildman–Crippen LogP) is 1.09. The SMILES string of the molecule is COc1ccc(Cn2nc(C(=O)O)c(C#N)c2N)cc1. The highest BCUT2D eigenvalue weighted by molar-refractivity contribution is 5.90. The quantitative estimate of drug-likeness (QED) is 0.861. The predicted molar refractivity (Wildman–Crippen MR) is 70.4 cm³/mol. The topological polar surface area (TPSA) is 114 Å². The first-order valence-electron chi connectivity index (χ1n) is 5.69. The fraction of sp³-hybridized carbons (Fsp3) is 0.154. The van der Waals surface area contributed by atoms with Gasteiger partial charge in [0.15, 0.2) is 5.69 Å². The van der Waals surface area contributed by atoms with Crippen molar-refractivity contribution in [1.82, 2.24) is 9.78 Å². The molecule has 0 unspecified atom stereocenters. The molecule has 0 fully saturated rings. The molecule has 0 spiro atoms. The standard InChI is InChI=1S/C13H12N4O3/c1-20-9-4-2-8(3-5-9)7-17-12(15)10(6-14)11(16-17)13(18)19/h2-5H,7,15H2,1H3,(H,18,19). The zero-order valence-corrected chi connectivity index (χ0v) is 10.7. The van der Waals surface area contributed by atoms with Gasteiger partial charge in [-0.1, -0.05) is 12.1 Å². The van der Waals surface area contributed by atoms with E-state index in [1.165, 1.54) is 4.68 Å². The number of hydrogen-bond acceptors (Lipinski definition) is 5. The number of ether oxygens (including phenoxy) is 1. The molecule has 3 N–H and O–H groups in total. The normalized spacial score (nSPS) is 10.0. The third kappa shape index (κ3) is 2.40. The molecule has 0 aliphatic carbocycles. The number of carboxylic acid groups (broad SMARTS) is 1. The zero-order chi connectivity index (χ0) is 14.7. The maximum Gasteiger partial charge on any atom is 0.357 e. The summed E-state index contributed by atoms with van der Waals surface area (Å²) in [5, 5.41) is 21.8. The number of rotatable bonds is 4. The van der Waals surface area contributed by atoms with E-state index in [9.17, 15) is 4.79 Å². The number of hydrogen-bond donors (Lipinski definition) is 2. The van der Waals surface area contributed by atoms with Crippen molar-refractivity contribution >= 4 is 11.8 Å². The number of benzene rings is 1. The first-order valence-corrected chi connectivity index (χ1v) is 5.69. The molecule has 0 saturated heterocycles. The Bertz CT molecular complexity index is 683. The lowest BCUT2D eigenvalue weighted by molar-refractivity contribution is 0.0689. The van der Waals surface area contributed by atoms with Crippen LogP contribution >= 0.6 is 0 Å². The number of carbonyl (C=O) groups is 1. The lowest BCUT2D eigenvalue weighted by atomic mass is 10.2. The van der Waals surface area contributed by atoms with E-state index in [1.54, 1.807) is 25.3 Å². The lowest BCUT2D eigenvalue weighted by Crippen LogP contribution is -2.07. The molecule has 0 radical (unpaired) electrons. The highest BCUT2D eigenvalue weighted by Gasteiger charge is 2.20. The summed E-state index contributed by atoms with van der Waals surface area (Å²) in [6.45, 7) is 0.276. The van der Waals surface area contributed by atoms with Crippen molar-refractivity contribution in [1.29, 1.82) is 5.26 Å². The van der Waals surface area contributed by atoms with Crippen LogP contribution in [0.1, 0.15) is 21.6 Å². The number of nitriles is 1. The number of methoxy groups -OCH3 is 1. The van der Waals surface area contributed by atoms with E-state index in [0.717, 1.165) is 5.56 Å². The van der Waals surface area contributed by atoms with Crippen LogP contribution in [0.25, 0.3) is 0 Å². The Kier molecular flexibility index (Phi) is 3.57. The molecule has 1 aromatic carbocycles. The van der Waals surface area contributed by atoms with Gasteiger partial charge in [-0.15, -0.1) is 0 Å². The summed E-state index contributed by atoms with van der Waals surface area (Å²) in [6.07, 6.45) is 0. The largest absolute Gasteiger partial charge is 0.497 e. The number of anilines is 1. The average molecular weight is 272 g/mol. The molecule has 0 bridgehead atoms. The highest BCUT2D eigenvalue weighted by Crippen LogP contribution is 2.18. The van der Waals surface area contributed by atoms with Crippen LogP contribution in [0.2, 0.25) is 0 Å². The minimum atomic E-state index is -1.28. The molecule has 7 heteroatoms. The van der Waals surface area contributed by atoms with Crippen molar-refractivity contribution in [2.75, 3.05) is 12.8 Å². The number of nitrogen functional groups attached to an aromatic ring is 1. The summed E-state index contributed by atoms with van der Waals surface area (Å²) in [5.74, 6) is -0.520. The second-order valence-corrected chi connectivity index (χ2v) is 4.03. The van der Waals surface area contributed by atoms with Gasteiger partial charge in [-0.2, -0.15) is 10.4 Å². The number of nitrogens with two attached hydrogens (primary N) is 1. The van der Waals surface area contributed by atoms with Crippen LogP contribution in [0.5, 0.6) is 5.75 Å². The average Bonchev–Trinajstić information content (AvgIpc) is 2.76. The third-order valence-electron chi connectivity index (χ3n) is 2.80. The smallest absolute Gasteiger partial charge is 0.357 e. The maximum atomic E-state index is 11.0. The number of aromatic nitrogens is 2. The van der Waals surface area contributed by atoms with Gasteiger partial charge in [0.2, 0.25) is 0 Å². The Labute approximate surface area is 114 Å². The highest BCUT2D eigenvalue weighted by atomic mass is 16.5. The van der Waals surface area contributed by atoms with Crippen LogP contribution in [0, 0.1) is 11.3 Å². The van der Waals surface area contributed by atoms with E-state index in [-0.39, 0.29) is 23.6 Å². The zero-order valence-electron chi connectivity index (χ0n) is 10.7. The molecule has 102 valence electrons. The van der Waals surface area contributed by atoms with Crippen LogP contribution in [-0.2, 0) is 6.54 Å². The van der Waals surface area contributed by atoms with Crippen molar-refractivity contribution < 1.29 is 14.6 Å². The molecule has 0 amide bonds. The van der Waals surface area contributed by atoms with Crippen molar-refractivity contribution in [3.63, 3.8) is 0 Å². The molecule has 1 heterocycles. The minimum Gasteiger partial charge on any atom is -0.497 e. The van der Waals surface area contributed by atoms with Crippen LogP contribution < -0.4 is 10.5 Å². The Morgan fingerprint density at radius 2 is 2.15 bits per heavy atom. The Balaban J connectivity index is 2.34. The molecule has 0 aliphatic rings. The van der Waals surface area contributed by atoms with Gasteiger partial charge >= 0.3 is 5.97 Å². The molecular weight excluding hydrogens is 260 g/mol. The number of nitrogens with zero attached hydrogens (tertiary/aromatic N) is 3. The van der Waals surface area contributed by atoms with Gasteiger partial charge < -0.3 is 15.6 Å². The van der Waals surface area contributed by atoms with Gasteiger partial charge in [-0.3, -0.25) is 0 Å². The number of carboxylic acids is 1. The third-order valence-corrected chi connectivity index (χ3v) is 2.80. The molecule has 0 atom stereocenters. The second-order valence-electron chi connectivity index (χ2n) is 4.03. The monoisotopic (exact) mass is 272 g/mol. The van der Waals surface area contributed by atoms with Crippen molar-refractivity contribution in [2.45, 2.75) is 6.54 Å². The summed E-state index contributed by atoms with van der Waals surface area (Å²) >= 11 is 0. The summed E-state index contributed by atoms with van der Waals surface area (Å²) in [4.78, 5) is 11.0. The molecule has 0 aliphatic heterocycles. The van der Waals surface area contributed by atoms with Gasteiger partial charge in [0.25, 0.3) is 0 Å². The fourth-order valence-electron chi connectivity index (χ4n) is 1.76. The summed E-state index contributed by atoms with van der Waals surface area (Å²) in [6, 6.07) is 8.94.